The first-order chi connectivity index (χ1) is 4.39. The van der Waals surface area contributed by atoms with Gasteiger partial charge in [0.05, 0.1) is 0 Å². The van der Waals surface area contributed by atoms with Crippen LogP contribution in [0.4, 0.5) is 0 Å². The number of pyridine rings is 1. The molecule has 1 rings (SSSR count). The molecule has 0 aliphatic rings. The van der Waals surface area contributed by atoms with E-state index >= 15 is 0 Å². The second-order valence-corrected chi connectivity index (χ2v) is 1.47. The molecule has 0 amide bonds. The Balaban J connectivity index is 0.000000291. The summed E-state index contributed by atoms with van der Waals surface area (Å²) in [6, 6.07) is 6.14. The third kappa shape index (κ3) is 5.25. The summed E-state index contributed by atoms with van der Waals surface area (Å²) in [5.41, 5.74) is 0. The predicted molar refractivity (Wildman–Crippen MR) is 42.1 cm³/mol. The molecule has 1 heterocycles. The van der Waals surface area contributed by atoms with Crippen molar-refractivity contribution < 1.29 is 14.8 Å². The monoisotopic (exact) mass is 303 g/mol. The van der Waals surface area contributed by atoms with E-state index in [0.29, 0.717) is 5.15 Å². The van der Waals surface area contributed by atoms with Gasteiger partial charge in [0.25, 0.3) is 0 Å². The van der Waals surface area contributed by atoms with Crippen LogP contribution in [0.25, 0.3) is 0 Å². The molecule has 0 aliphatic heterocycles. The molecule has 0 aliphatic carbocycles. The van der Waals surface area contributed by atoms with Gasteiger partial charge in [0.15, 0.2) is 0 Å². The molecule has 0 spiro atoms. The Bertz CT molecular complexity index is 147. The number of halogens is 2. The van der Waals surface area contributed by atoms with Crippen molar-refractivity contribution in [3.63, 3.8) is 0 Å². The number of aromatic nitrogens is 1. The van der Waals surface area contributed by atoms with Crippen LogP contribution in [-0.4, -0.2) is 4.98 Å². The average Bonchev–Trinajstić information content (AvgIpc) is 1.94. The minimum absolute atomic E-state index is 0.513. The van der Waals surface area contributed by atoms with Gasteiger partial charge in [0, 0.05) is 5.15 Å². The molecule has 0 atom stereocenters. The molecule has 0 fully saturated rings. The van der Waals surface area contributed by atoms with E-state index in [9.17, 15) is 0 Å². The molecule has 0 saturated heterocycles. The van der Waals surface area contributed by atoms with Crippen molar-refractivity contribution in [3.05, 3.63) is 29.5 Å². The zero-order valence-electron chi connectivity index (χ0n) is 4.64. The van der Waals surface area contributed by atoms with Crippen LogP contribution in [0.5, 0.6) is 0 Å². The number of rotatable bonds is 0. The molecule has 44 valence electrons. The molecule has 0 N–H and O–H groups in total. The fourth-order valence-electron chi connectivity index (χ4n) is 0.302. The van der Waals surface area contributed by atoms with Crippen LogP contribution in [-0.2, 0) is 14.8 Å². The van der Waals surface area contributed by atoms with Crippen molar-refractivity contribution in [1.82, 2.24) is 4.98 Å². The van der Waals surface area contributed by atoms with Crippen LogP contribution in [0, 0.1) is 6.07 Å². The molecule has 0 radical (unpaired) electrons. The summed E-state index contributed by atoms with van der Waals surface area (Å²) >= 11 is 9.03. The van der Waals surface area contributed by atoms with Gasteiger partial charge in [0.1, 0.15) is 0 Å². The topological polar surface area (TPSA) is 12.9 Å². The second-order valence-electron chi connectivity index (χ2n) is 1.08. The van der Waals surface area contributed by atoms with E-state index in [1.165, 1.54) is 21.0 Å². The van der Waals surface area contributed by atoms with E-state index in [1.807, 2.05) is 0 Å². The maximum absolute atomic E-state index is 5.41. The van der Waals surface area contributed by atoms with Crippen LogP contribution in [0.2, 0.25) is 5.15 Å². The Morgan fingerprint density at radius 1 is 1.67 bits per heavy atom. The quantitative estimate of drug-likeness (QED) is 0.310. The summed E-state index contributed by atoms with van der Waals surface area (Å²) in [5.74, 6) is 0. The van der Waals surface area contributed by atoms with Crippen molar-refractivity contribution in [2.45, 2.75) is 0 Å². The van der Waals surface area contributed by atoms with Crippen molar-refractivity contribution in [2.24, 2.45) is 0 Å². The molecule has 9 heavy (non-hydrogen) atoms. The van der Waals surface area contributed by atoms with Crippen LogP contribution < -0.4 is 0 Å². The summed E-state index contributed by atoms with van der Waals surface area (Å²) in [4.78, 5) is 3.69. The molecule has 0 aromatic carbocycles. The van der Waals surface area contributed by atoms with Gasteiger partial charge < -0.3 is 0 Å². The van der Waals surface area contributed by atoms with E-state index in [0.717, 1.165) is 0 Å². The van der Waals surface area contributed by atoms with E-state index in [2.05, 4.69) is 30.8 Å². The Morgan fingerprint density at radius 2 is 2.33 bits per heavy atom. The summed E-state index contributed by atoms with van der Waals surface area (Å²) < 4.78 is 0. The van der Waals surface area contributed by atoms with Crippen molar-refractivity contribution in [3.8, 4) is 0 Å². The van der Waals surface area contributed by atoms with Gasteiger partial charge in [-0.3, -0.25) is 4.98 Å². The van der Waals surface area contributed by atoms with Crippen LogP contribution in [0.3, 0.4) is 0 Å². The van der Waals surface area contributed by atoms with Gasteiger partial charge in [-0.2, -0.15) is 6.07 Å². The van der Waals surface area contributed by atoms with Crippen LogP contribution in [0.15, 0.2) is 18.3 Å². The molecule has 1 nitrogen and oxygen atoms in total. The molecular formula is C5H3ClINZn. The zero-order chi connectivity index (χ0) is 7.11. The summed E-state index contributed by atoms with van der Waals surface area (Å²) in [5, 5.41) is 0.513. The van der Waals surface area contributed by atoms with Gasteiger partial charge in [-0.1, -0.05) is 17.8 Å². The first kappa shape index (κ1) is 9.79. The van der Waals surface area contributed by atoms with E-state index in [-0.39, 0.29) is 0 Å². The average molecular weight is 305 g/mol. The number of hydrogen-bond donors (Lipinski definition) is 0. The van der Waals surface area contributed by atoms with Gasteiger partial charge in [-0.15, -0.1) is 0 Å². The van der Waals surface area contributed by atoms with Crippen molar-refractivity contribution in [1.29, 1.82) is 0 Å². The molecule has 1 aromatic rings. The normalized spacial score (nSPS) is 7.56. The van der Waals surface area contributed by atoms with Crippen molar-refractivity contribution >= 4 is 31.4 Å². The van der Waals surface area contributed by atoms with Gasteiger partial charge in [0.2, 0.25) is 0 Å². The third-order valence-corrected chi connectivity index (χ3v) is 0.803. The molecule has 0 bridgehead atoms. The summed E-state index contributed by atoms with van der Waals surface area (Å²) in [6.45, 7) is 0. The first-order valence-electron chi connectivity index (χ1n) is 2.14. The molecule has 0 saturated carbocycles. The van der Waals surface area contributed by atoms with Crippen LogP contribution in [0.1, 0.15) is 0 Å². The molecule has 4 heteroatoms. The fraction of sp³-hybridized carbons (Fsp3) is 0. The van der Waals surface area contributed by atoms with E-state index < -0.39 is 0 Å². The summed E-state index contributed by atoms with van der Waals surface area (Å²) in [6.07, 6.45) is 1.53. The zero-order valence-corrected chi connectivity index (χ0v) is 10.5. The van der Waals surface area contributed by atoms with E-state index in [4.69, 9.17) is 11.6 Å². The maximum atomic E-state index is 5.41. The SMILES string of the molecule is Clc1cc[c-]cn1.[Zn+][I]. The predicted octanol–water partition coefficient (Wildman–Crippen LogP) is 2.42. The number of nitrogens with zero attached hydrogens (tertiary/aromatic N) is 1. The first-order valence-corrected chi connectivity index (χ1v) is 11.6. The fourth-order valence-corrected chi connectivity index (χ4v) is 0.414. The Labute approximate surface area is 80.1 Å². The van der Waals surface area contributed by atoms with Gasteiger partial charge >= 0.3 is 34.5 Å². The Morgan fingerprint density at radius 3 is 2.56 bits per heavy atom. The summed E-state index contributed by atoms with van der Waals surface area (Å²) in [7, 11) is 0. The van der Waals surface area contributed by atoms with Gasteiger partial charge in [-0.05, 0) is 0 Å². The minimum atomic E-state index is 0.513. The molecular weight excluding hydrogens is 302 g/mol. The van der Waals surface area contributed by atoms with Gasteiger partial charge in [-0.25, -0.2) is 12.1 Å². The van der Waals surface area contributed by atoms with E-state index in [1.54, 1.807) is 12.1 Å². The molecule has 0 unspecified atom stereocenters. The van der Waals surface area contributed by atoms with Crippen molar-refractivity contribution in [2.75, 3.05) is 0 Å². The Kier molecular flexibility index (Phi) is 7.52. The molecule has 1 aromatic heterocycles. The second kappa shape index (κ2) is 6.91. The number of hydrogen-bond acceptors (Lipinski definition) is 1. The third-order valence-electron chi connectivity index (χ3n) is 0.580. The standard InChI is InChI=1S/C5H3ClN.HI.Zn/c6-5-3-1-2-4-7-5;;/h1,3-4H;1H;/q-1;;+2/p-1. The van der Waals surface area contributed by atoms with Crippen LogP contribution >= 0.6 is 31.4 Å². The Hall–Kier alpha value is 0.793.